The van der Waals surface area contributed by atoms with E-state index >= 15 is 0 Å². The molecule has 0 aliphatic heterocycles. The number of rotatable bonds is 6. The average molecular weight is 292 g/mol. The topological polar surface area (TPSA) is 85.4 Å². The van der Waals surface area contributed by atoms with Crippen molar-refractivity contribution in [3.05, 3.63) is 11.3 Å². The van der Waals surface area contributed by atoms with Crippen LogP contribution in [0, 0.1) is 6.92 Å². The molecule has 1 N–H and O–H groups in total. The number of carbonyl (C=O) groups excluding carboxylic acids is 1. The first-order valence-electron chi connectivity index (χ1n) is 5.40. The SMILES string of the molecule is CCOC(=O)c1c(C)nsc1NCCS(C)(=O)=O. The summed E-state index contributed by atoms with van der Waals surface area (Å²) in [5.74, 6) is -0.433. The lowest BCUT2D eigenvalue weighted by atomic mass is 10.2. The summed E-state index contributed by atoms with van der Waals surface area (Å²) in [6, 6.07) is 0. The fourth-order valence-electron chi connectivity index (χ4n) is 1.28. The molecule has 8 heteroatoms. The van der Waals surface area contributed by atoms with Gasteiger partial charge in [0.05, 0.1) is 18.1 Å². The normalized spacial score (nSPS) is 11.3. The Balaban J connectivity index is 2.75. The second-order valence-electron chi connectivity index (χ2n) is 3.75. The lowest BCUT2D eigenvalue weighted by Crippen LogP contribution is -2.15. The fourth-order valence-corrected chi connectivity index (χ4v) is 2.57. The van der Waals surface area contributed by atoms with Gasteiger partial charge >= 0.3 is 5.97 Å². The van der Waals surface area contributed by atoms with Gasteiger partial charge in [0.1, 0.15) is 20.4 Å². The Hall–Kier alpha value is -1.15. The van der Waals surface area contributed by atoms with Gasteiger partial charge in [0, 0.05) is 12.8 Å². The standard InChI is InChI=1S/C10H16N2O4S2/c1-4-16-10(13)8-7(2)12-17-9(8)11-5-6-18(3,14)15/h11H,4-6H2,1-3H3. The van der Waals surface area contributed by atoms with Crippen LogP contribution in [0.1, 0.15) is 23.0 Å². The molecule has 18 heavy (non-hydrogen) atoms. The number of aromatic nitrogens is 1. The van der Waals surface area contributed by atoms with Crippen molar-refractivity contribution in [2.75, 3.05) is 30.5 Å². The minimum Gasteiger partial charge on any atom is -0.462 e. The highest BCUT2D eigenvalue weighted by Gasteiger charge is 2.19. The summed E-state index contributed by atoms with van der Waals surface area (Å²) in [5.41, 5.74) is 0.968. The number of hydrogen-bond acceptors (Lipinski definition) is 7. The van der Waals surface area contributed by atoms with Crippen molar-refractivity contribution in [2.24, 2.45) is 0 Å². The number of ether oxygens (including phenoxy) is 1. The van der Waals surface area contributed by atoms with Crippen molar-refractivity contribution in [3.63, 3.8) is 0 Å². The molecule has 0 unspecified atom stereocenters. The number of nitrogens with one attached hydrogen (secondary N) is 1. The molecular weight excluding hydrogens is 276 g/mol. The van der Waals surface area contributed by atoms with Crippen LogP contribution in [-0.4, -0.2) is 43.9 Å². The first-order valence-corrected chi connectivity index (χ1v) is 8.23. The van der Waals surface area contributed by atoms with Gasteiger partial charge in [-0.1, -0.05) is 0 Å². The third kappa shape index (κ3) is 4.26. The minimum absolute atomic E-state index is 0.00616. The van der Waals surface area contributed by atoms with Gasteiger partial charge in [-0.25, -0.2) is 13.2 Å². The number of sulfone groups is 1. The molecular formula is C10H16N2O4S2. The quantitative estimate of drug-likeness (QED) is 0.790. The van der Waals surface area contributed by atoms with E-state index < -0.39 is 15.8 Å². The van der Waals surface area contributed by atoms with Crippen LogP contribution >= 0.6 is 11.5 Å². The maximum absolute atomic E-state index is 11.7. The van der Waals surface area contributed by atoms with Crippen LogP contribution in [0.5, 0.6) is 0 Å². The molecule has 1 rings (SSSR count). The molecule has 102 valence electrons. The largest absolute Gasteiger partial charge is 0.462 e. The number of nitrogens with zero attached hydrogens (tertiary/aromatic N) is 1. The molecule has 0 atom stereocenters. The summed E-state index contributed by atoms with van der Waals surface area (Å²) >= 11 is 1.12. The molecule has 0 aromatic carbocycles. The highest BCUT2D eigenvalue weighted by molar-refractivity contribution is 7.90. The highest BCUT2D eigenvalue weighted by atomic mass is 32.2. The van der Waals surface area contributed by atoms with E-state index in [1.54, 1.807) is 13.8 Å². The molecule has 0 amide bonds. The molecule has 0 bridgehead atoms. The van der Waals surface area contributed by atoms with Crippen LogP contribution < -0.4 is 5.32 Å². The Morgan fingerprint density at radius 3 is 2.72 bits per heavy atom. The monoisotopic (exact) mass is 292 g/mol. The van der Waals surface area contributed by atoms with Crippen molar-refractivity contribution >= 4 is 32.3 Å². The maximum atomic E-state index is 11.7. The van der Waals surface area contributed by atoms with Crippen molar-refractivity contribution in [3.8, 4) is 0 Å². The zero-order chi connectivity index (χ0) is 13.8. The highest BCUT2D eigenvalue weighted by Crippen LogP contribution is 2.25. The Bertz CT molecular complexity index is 522. The number of hydrogen-bond donors (Lipinski definition) is 1. The van der Waals surface area contributed by atoms with Gasteiger partial charge in [-0.2, -0.15) is 4.37 Å². The predicted molar refractivity (Wildman–Crippen MR) is 71.0 cm³/mol. The predicted octanol–water partition coefficient (Wildman–Crippen LogP) is 1.08. The van der Waals surface area contributed by atoms with Gasteiger partial charge in [-0.05, 0) is 25.4 Å². The molecule has 0 aliphatic rings. The first-order chi connectivity index (χ1) is 8.35. The first kappa shape index (κ1) is 14.9. The van der Waals surface area contributed by atoms with E-state index in [9.17, 15) is 13.2 Å². The Labute approximate surface area is 110 Å². The van der Waals surface area contributed by atoms with Gasteiger partial charge in [0.2, 0.25) is 0 Å². The third-order valence-corrected chi connectivity index (χ3v) is 3.94. The second kappa shape index (κ2) is 6.14. The fraction of sp³-hybridized carbons (Fsp3) is 0.600. The van der Waals surface area contributed by atoms with E-state index in [1.165, 1.54) is 6.26 Å². The number of carbonyl (C=O) groups is 1. The lowest BCUT2D eigenvalue weighted by Gasteiger charge is -2.06. The third-order valence-electron chi connectivity index (χ3n) is 2.10. The molecule has 6 nitrogen and oxygen atoms in total. The summed E-state index contributed by atoms with van der Waals surface area (Å²) in [6.07, 6.45) is 1.17. The van der Waals surface area contributed by atoms with Crippen molar-refractivity contribution < 1.29 is 17.9 Å². The van der Waals surface area contributed by atoms with Gasteiger partial charge in [-0.15, -0.1) is 0 Å². The summed E-state index contributed by atoms with van der Waals surface area (Å²) < 4.78 is 31.0. The molecule has 0 aliphatic carbocycles. The molecule has 0 spiro atoms. The van der Waals surface area contributed by atoms with E-state index in [0.29, 0.717) is 16.3 Å². The van der Waals surface area contributed by atoms with Crippen LogP contribution in [0.25, 0.3) is 0 Å². The summed E-state index contributed by atoms with van der Waals surface area (Å²) in [7, 11) is -3.03. The minimum atomic E-state index is -3.03. The summed E-state index contributed by atoms with van der Waals surface area (Å²) in [6.45, 7) is 3.97. The van der Waals surface area contributed by atoms with Crippen molar-refractivity contribution in [2.45, 2.75) is 13.8 Å². The molecule has 1 aromatic heterocycles. The summed E-state index contributed by atoms with van der Waals surface area (Å²) in [4.78, 5) is 11.7. The van der Waals surface area contributed by atoms with Crippen LogP contribution in [0.3, 0.4) is 0 Å². The smallest absolute Gasteiger partial charge is 0.343 e. The van der Waals surface area contributed by atoms with Gasteiger partial charge < -0.3 is 10.1 Å². The molecule has 0 fully saturated rings. The average Bonchev–Trinajstić information content (AvgIpc) is 2.58. The molecule has 1 heterocycles. The number of anilines is 1. The van der Waals surface area contributed by atoms with Gasteiger partial charge in [0.25, 0.3) is 0 Å². The van der Waals surface area contributed by atoms with Crippen LogP contribution in [-0.2, 0) is 14.6 Å². The van der Waals surface area contributed by atoms with E-state index in [0.717, 1.165) is 11.5 Å². The molecule has 0 saturated carbocycles. The van der Waals surface area contributed by atoms with E-state index in [1.807, 2.05) is 0 Å². The number of aryl methyl sites for hydroxylation is 1. The van der Waals surface area contributed by atoms with Crippen molar-refractivity contribution in [1.29, 1.82) is 0 Å². The summed E-state index contributed by atoms with van der Waals surface area (Å²) in [5, 5.41) is 3.46. The lowest BCUT2D eigenvalue weighted by molar-refractivity contribution is 0.0527. The van der Waals surface area contributed by atoms with E-state index in [-0.39, 0.29) is 18.9 Å². The van der Waals surface area contributed by atoms with E-state index in [4.69, 9.17) is 4.74 Å². The maximum Gasteiger partial charge on any atom is 0.343 e. The van der Waals surface area contributed by atoms with Crippen LogP contribution in [0.15, 0.2) is 0 Å². The van der Waals surface area contributed by atoms with E-state index in [2.05, 4.69) is 9.69 Å². The molecule has 0 radical (unpaired) electrons. The second-order valence-corrected chi connectivity index (χ2v) is 6.78. The molecule has 1 aromatic rings. The Morgan fingerprint density at radius 2 is 2.17 bits per heavy atom. The zero-order valence-corrected chi connectivity index (χ0v) is 12.2. The van der Waals surface area contributed by atoms with Crippen LogP contribution in [0.4, 0.5) is 5.00 Å². The molecule has 0 saturated heterocycles. The van der Waals surface area contributed by atoms with Crippen LogP contribution in [0.2, 0.25) is 0 Å². The van der Waals surface area contributed by atoms with Crippen molar-refractivity contribution in [1.82, 2.24) is 4.37 Å². The zero-order valence-electron chi connectivity index (χ0n) is 10.5. The van der Waals surface area contributed by atoms with Gasteiger partial charge in [0.15, 0.2) is 0 Å². The Kier molecular flexibility index (Phi) is 5.09. The number of esters is 1. The van der Waals surface area contributed by atoms with Gasteiger partial charge in [-0.3, -0.25) is 0 Å². The Morgan fingerprint density at radius 1 is 1.50 bits per heavy atom.